The first-order valence-corrected chi connectivity index (χ1v) is 9.79. The zero-order valence-corrected chi connectivity index (χ0v) is 17.9. The van der Waals surface area contributed by atoms with E-state index in [9.17, 15) is 14.4 Å². The Morgan fingerprint density at radius 3 is 1.87 bits per heavy atom. The Balaban J connectivity index is 2.25. The van der Waals surface area contributed by atoms with Crippen molar-refractivity contribution in [3.8, 4) is 5.75 Å². The molecule has 7 nitrogen and oxygen atoms in total. The summed E-state index contributed by atoms with van der Waals surface area (Å²) >= 11 is 0. The van der Waals surface area contributed by atoms with E-state index in [2.05, 4.69) is 5.32 Å². The molecule has 0 aliphatic carbocycles. The van der Waals surface area contributed by atoms with Gasteiger partial charge in [-0.2, -0.15) is 0 Å². The van der Waals surface area contributed by atoms with E-state index in [4.69, 9.17) is 14.2 Å². The molecule has 0 saturated carbocycles. The van der Waals surface area contributed by atoms with Crippen molar-refractivity contribution < 1.29 is 28.6 Å². The average Bonchev–Trinajstić information content (AvgIpc) is 2.70. The molecule has 0 bridgehead atoms. The van der Waals surface area contributed by atoms with Crippen LogP contribution in [0.3, 0.4) is 0 Å². The average molecular weight is 413 g/mol. The van der Waals surface area contributed by atoms with E-state index >= 15 is 0 Å². The Morgan fingerprint density at radius 2 is 1.40 bits per heavy atom. The number of amides is 1. The zero-order valence-electron chi connectivity index (χ0n) is 17.9. The van der Waals surface area contributed by atoms with Gasteiger partial charge >= 0.3 is 11.9 Å². The van der Waals surface area contributed by atoms with Crippen LogP contribution in [0, 0.1) is 13.8 Å². The van der Waals surface area contributed by atoms with Gasteiger partial charge in [-0.25, -0.2) is 9.59 Å². The molecule has 30 heavy (non-hydrogen) atoms. The molecule has 1 atom stereocenters. The van der Waals surface area contributed by atoms with Crippen molar-refractivity contribution in [2.45, 2.75) is 40.7 Å². The van der Waals surface area contributed by atoms with Gasteiger partial charge < -0.3 is 19.5 Å². The molecule has 1 N–H and O–H groups in total. The van der Waals surface area contributed by atoms with E-state index in [1.54, 1.807) is 20.8 Å². The second-order valence-electron chi connectivity index (χ2n) is 6.70. The standard InChI is InChI=1S/C23H27NO6/c1-6-28-22(26)17-11-18(23(27)29-7-2)13-19(12-17)30-16(5)21(25)24-20-14(3)9-8-10-15(20)4/h8-13,16H,6-7H2,1-5H3,(H,24,25)/t16-/m0/s1. The van der Waals surface area contributed by atoms with E-state index in [1.807, 2.05) is 32.0 Å². The smallest absolute Gasteiger partial charge is 0.338 e. The van der Waals surface area contributed by atoms with Crippen molar-refractivity contribution in [3.05, 3.63) is 58.7 Å². The van der Waals surface area contributed by atoms with Crippen LogP contribution in [0.25, 0.3) is 0 Å². The maximum Gasteiger partial charge on any atom is 0.338 e. The molecule has 0 aliphatic rings. The third kappa shape index (κ3) is 5.83. The summed E-state index contributed by atoms with van der Waals surface area (Å²) in [6.45, 7) is 9.14. The number of nitrogens with one attached hydrogen (secondary N) is 1. The summed E-state index contributed by atoms with van der Waals surface area (Å²) in [6.07, 6.45) is -0.878. The molecule has 0 aromatic heterocycles. The van der Waals surface area contributed by atoms with Crippen LogP contribution in [0.15, 0.2) is 36.4 Å². The number of anilines is 1. The highest BCUT2D eigenvalue weighted by Gasteiger charge is 2.20. The number of carbonyl (C=O) groups is 3. The summed E-state index contributed by atoms with van der Waals surface area (Å²) in [5.74, 6) is -1.36. The predicted octanol–water partition coefficient (Wildman–Crippen LogP) is 4.06. The highest BCUT2D eigenvalue weighted by Crippen LogP contribution is 2.23. The summed E-state index contributed by atoms with van der Waals surface area (Å²) in [6, 6.07) is 9.97. The van der Waals surface area contributed by atoms with Gasteiger partial charge in [0.15, 0.2) is 6.10 Å². The molecule has 0 fully saturated rings. The lowest BCUT2D eigenvalue weighted by Crippen LogP contribution is -2.30. The number of aryl methyl sites for hydroxylation is 2. The van der Waals surface area contributed by atoms with Gasteiger partial charge in [-0.05, 0) is 63.9 Å². The Kier molecular flexibility index (Phi) is 7.98. The van der Waals surface area contributed by atoms with E-state index < -0.39 is 18.0 Å². The summed E-state index contributed by atoms with van der Waals surface area (Å²) in [5.41, 5.74) is 2.87. The van der Waals surface area contributed by atoms with Crippen LogP contribution in [0.1, 0.15) is 52.6 Å². The van der Waals surface area contributed by atoms with Crippen molar-refractivity contribution in [3.63, 3.8) is 0 Å². The van der Waals surface area contributed by atoms with Crippen LogP contribution in [-0.4, -0.2) is 37.2 Å². The normalized spacial score (nSPS) is 11.4. The SMILES string of the molecule is CCOC(=O)c1cc(O[C@@H](C)C(=O)Nc2c(C)cccc2C)cc(C(=O)OCC)c1. The van der Waals surface area contributed by atoms with Crippen LogP contribution < -0.4 is 10.1 Å². The number of para-hydroxylation sites is 1. The third-order valence-electron chi connectivity index (χ3n) is 4.34. The quantitative estimate of drug-likeness (QED) is 0.656. The highest BCUT2D eigenvalue weighted by atomic mass is 16.5. The lowest BCUT2D eigenvalue weighted by Gasteiger charge is -2.18. The summed E-state index contributed by atoms with van der Waals surface area (Å²) in [4.78, 5) is 37.0. The highest BCUT2D eigenvalue weighted by molar-refractivity contribution is 5.97. The third-order valence-corrected chi connectivity index (χ3v) is 4.34. The van der Waals surface area contributed by atoms with E-state index in [1.165, 1.54) is 18.2 Å². The lowest BCUT2D eigenvalue weighted by molar-refractivity contribution is -0.122. The molecule has 0 heterocycles. The molecule has 0 spiro atoms. The van der Waals surface area contributed by atoms with E-state index in [0.717, 1.165) is 16.8 Å². The van der Waals surface area contributed by atoms with Gasteiger partial charge in [0, 0.05) is 5.69 Å². The second kappa shape index (κ2) is 10.4. The number of rotatable bonds is 8. The van der Waals surface area contributed by atoms with Gasteiger partial charge in [0.05, 0.1) is 24.3 Å². The second-order valence-corrected chi connectivity index (χ2v) is 6.70. The Hall–Kier alpha value is -3.35. The molecule has 2 aromatic rings. The monoisotopic (exact) mass is 413 g/mol. The van der Waals surface area contributed by atoms with Crippen molar-refractivity contribution in [2.24, 2.45) is 0 Å². The zero-order chi connectivity index (χ0) is 22.3. The molecule has 0 aliphatic heterocycles. The van der Waals surface area contributed by atoms with Gasteiger partial charge in [-0.3, -0.25) is 4.79 Å². The molecular formula is C23H27NO6. The molecule has 0 unspecified atom stereocenters. The first-order valence-electron chi connectivity index (χ1n) is 9.79. The summed E-state index contributed by atoms with van der Waals surface area (Å²) < 4.78 is 15.8. The fourth-order valence-electron chi connectivity index (χ4n) is 2.83. The Morgan fingerprint density at radius 1 is 0.900 bits per heavy atom. The maximum absolute atomic E-state index is 12.6. The lowest BCUT2D eigenvalue weighted by atomic mass is 10.1. The number of hydrogen-bond donors (Lipinski definition) is 1. The largest absolute Gasteiger partial charge is 0.481 e. The molecule has 2 aromatic carbocycles. The fraction of sp³-hybridized carbons (Fsp3) is 0.348. The number of carbonyl (C=O) groups excluding carboxylic acids is 3. The number of ether oxygens (including phenoxy) is 3. The Labute approximate surface area is 176 Å². The van der Waals surface area contributed by atoms with Crippen LogP contribution in [0.4, 0.5) is 5.69 Å². The van der Waals surface area contributed by atoms with Crippen molar-refractivity contribution in [2.75, 3.05) is 18.5 Å². The minimum absolute atomic E-state index is 0.139. The van der Waals surface area contributed by atoms with Gasteiger partial charge in [-0.1, -0.05) is 18.2 Å². The molecule has 2 rings (SSSR count). The van der Waals surface area contributed by atoms with Gasteiger partial charge in [0.25, 0.3) is 5.91 Å². The van der Waals surface area contributed by atoms with E-state index in [0.29, 0.717) is 0 Å². The topological polar surface area (TPSA) is 90.9 Å². The first kappa shape index (κ1) is 22.9. The van der Waals surface area contributed by atoms with Gasteiger partial charge in [0.2, 0.25) is 0 Å². The van der Waals surface area contributed by atoms with Gasteiger partial charge in [0.1, 0.15) is 5.75 Å². The molecule has 0 radical (unpaired) electrons. The first-order chi connectivity index (χ1) is 14.3. The number of esters is 2. The van der Waals surface area contributed by atoms with Gasteiger partial charge in [-0.15, -0.1) is 0 Å². The van der Waals surface area contributed by atoms with Crippen molar-refractivity contribution >= 4 is 23.5 Å². The van der Waals surface area contributed by atoms with Crippen molar-refractivity contribution in [1.82, 2.24) is 0 Å². The van der Waals surface area contributed by atoms with Crippen LogP contribution in [0.5, 0.6) is 5.75 Å². The number of hydrogen-bond acceptors (Lipinski definition) is 6. The van der Waals surface area contributed by atoms with Crippen molar-refractivity contribution in [1.29, 1.82) is 0 Å². The maximum atomic E-state index is 12.6. The van der Waals surface area contributed by atoms with Crippen LogP contribution >= 0.6 is 0 Å². The Bertz CT molecular complexity index is 881. The fourth-order valence-corrected chi connectivity index (χ4v) is 2.83. The molecule has 160 valence electrons. The molecule has 7 heteroatoms. The summed E-state index contributed by atoms with van der Waals surface area (Å²) in [7, 11) is 0. The number of benzene rings is 2. The minimum Gasteiger partial charge on any atom is -0.481 e. The minimum atomic E-state index is -0.878. The summed E-state index contributed by atoms with van der Waals surface area (Å²) in [5, 5.41) is 2.87. The molecule has 1 amide bonds. The van der Waals surface area contributed by atoms with E-state index in [-0.39, 0.29) is 36.0 Å². The molecule has 0 saturated heterocycles. The van der Waals surface area contributed by atoms with Crippen LogP contribution in [-0.2, 0) is 14.3 Å². The molecular weight excluding hydrogens is 386 g/mol. The predicted molar refractivity (Wildman–Crippen MR) is 113 cm³/mol. The van der Waals surface area contributed by atoms with Crippen LogP contribution in [0.2, 0.25) is 0 Å².